The van der Waals surface area contributed by atoms with Crippen molar-refractivity contribution in [2.24, 2.45) is 0 Å². The summed E-state index contributed by atoms with van der Waals surface area (Å²) in [5.74, 6) is 0. The Kier molecular flexibility index (Phi) is 3.19. The molecule has 2 aliphatic rings. The van der Waals surface area contributed by atoms with Gasteiger partial charge in [0.15, 0.2) is 0 Å². The van der Waals surface area contributed by atoms with Crippen LogP contribution < -0.4 is 10.9 Å². The van der Waals surface area contributed by atoms with E-state index in [0.29, 0.717) is 22.7 Å². The summed E-state index contributed by atoms with van der Waals surface area (Å²) in [5, 5.41) is 20.7. The number of benzene rings is 1. The molecule has 0 bridgehead atoms. The van der Waals surface area contributed by atoms with Gasteiger partial charge in [-0.25, -0.2) is 0 Å². The van der Waals surface area contributed by atoms with Crippen LogP contribution in [-0.2, 0) is 0 Å². The molecule has 1 aliphatic carbocycles. The first-order valence-corrected chi connectivity index (χ1v) is 7.36. The van der Waals surface area contributed by atoms with E-state index < -0.39 is 30.7 Å². The van der Waals surface area contributed by atoms with Crippen molar-refractivity contribution in [2.75, 3.05) is 0 Å². The van der Waals surface area contributed by atoms with Crippen molar-refractivity contribution in [2.45, 2.75) is 0 Å². The lowest BCUT2D eigenvalue weighted by Gasteiger charge is -1.98. The molecule has 0 saturated heterocycles. The van der Waals surface area contributed by atoms with E-state index in [2.05, 4.69) is 0 Å². The van der Waals surface area contributed by atoms with Gasteiger partial charge in [-0.15, -0.1) is 0 Å². The highest BCUT2D eigenvalue weighted by Crippen LogP contribution is 2.35. The normalized spacial score (nSPS) is 10.9. The summed E-state index contributed by atoms with van der Waals surface area (Å²) in [7, 11) is 0. The molecule has 10 heteroatoms. The van der Waals surface area contributed by atoms with Crippen LogP contribution in [0.4, 0.5) is 10.0 Å². The van der Waals surface area contributed by atoms with Crippen LogP contribution in [0.25, 0.3) is 10.8 Å². The Hall–Kier alpha value is -2.72. The zero-order valence-corrected chi connectivity index (χ0v) is 12.1. The summed E-state index contributed by atoms with van der Waals surface area (Å²) in [6.45, 7) is 0. The fourth-order valence-corrected chi connectivity index (χ4v) is 4.16. The van der Waals surface area contributed by atoms with Gasteiger partial charge in [-0.05, 0) is 22.7 Å². The molecular formula is C12H4N2O6S2. The van der Waals surface area contributed by atoms with E-state index in [0.717, 1.165) is 0 Å². The second-order valence-electron chi connectivity index (χ2n) is 4.19. The number of nitro groups is 2. The molecule has 1 aliphatic heterocycles. The van der Waals surface area contributed by atoms with Crippen molar-refractivity contribution < 1.29 is 9.85 Å². The minimum atomic E-state index is -0.919. The van der Waals surface area contributed by atoms with Crippen molar-refractivity contribution in [3.8, 4) is 0 Å². The predicted octanol–water partition coefficient (Wildman–Crippen LogP) is 2.22. The maximum absolute atomic E-state index is 12.4. The van der Waals surface area contributed by atoms with Gasteiger partial charge in [0.1, 0.15) is 9.06 Å². The Balaban J connectivity index is 2.69. The van der Waals surface area contributed by atoms with Crippen molar-refractivity contribution in [3.63, 3.8) is 0 Å². The smallest absolute Gasteiger partial charge is 0.288 e. The highest BCUT2D eigenvalue weighted by molar-refractivity contribution is 7.22. The number of rotatable bonds is 2. The highest BCUT2D eigenvalue weighted by Gasteiger charge is 2.28. The van der Waals surface area contributed by atoms with Crippen LogP contribution in [0.3, 0.4) is 0 Å². The highest BCUT2D eigenvalue weighted by atomic mass is 32.1. The van der Waals surface area contributed by atoms with Gasteiger partial charge in [-0.1, -0.05) is 24.3 Å². The third-order valence-corrected chi connectivity index (χ3v) is 5.46. The number of nitrogens with zero attached hydrogens (tertiary/aromatic N) is 2. The van der Waals surface area contributed by atoms with Crippen LogP contribution in [-0.4, -0.2) is 9.85 Å². The first-order valence-electron chi connectivity index (χ1n) is 5.73. The average Bonchev–Trinajstić information content (AvgIpc) is 2.51. The Morgan fingerprint density at radius 3 is 1.45 bits per heavy atom. The maximum Gasteiger partial charge on any atom is 0.413 e. The molecular weight excluding hydrogens is 332 g/mol. The van der Waals surface area contributed by atoms with Crippen molar-refractivity contribution >= 4 is 43.4 Å². The molecule has 0 aromatic heterocycles. The molecule has 110 valence electrons. The van der Waals surface area contributed by atoms with Gasteiger partial charge in [-0.3, -0.25) is 29.8 Å². The summed E-state index contributed by atoms with van der Waals surface area (Å²) >= 11 is 0.725. The van der Waals surface area contributed by atoms with Crippen LogP contribution >= 0.6 is 22.7 Å². The monoisotopic (exact) mass is 336 g/mol. The van der Waals surface area contributed by atoms with E-state index in [1.807, 2.05) is 0 Å². The van der Waals surface area contributed by atoms with Crippen LogP contribution in [0.5, 0.6) is 0 Å². The first-order chi connectivity index (χ1) is 10.4. The molecule has 0 N–H and O–H groups in total. The zero-order chi connectivity index (χ0) is 16.0. The van der Waals surface area contributed by atoms with Crippen LogP contribution in [0.2, 0.25) is 0 Å². The van der Waals surface area contributed by atoms with Crippen LogP contribution in [0.15, 0.2) is 33.9 Å². The minimum absolute atomic E-state index is 0.133. The van der Waals surface area contributed by atoms with E-state index in [9.17, 15) is 29.8 Å². The van der Waals surface area contributed by atoms with Gasteiger partial charge in [-0.2, -0.15) is 0 Å². The Bertz CT molecular complexity index is 1040. The molecule has 0 radical (unpaired) electrons. The molecule has 1 aromatic carbocycles. The van der Waals surface area contributed by atoms with Gasteiger partial charge in [0, 0.05) is 10.8 Å². The molecule has 8 nitrogen and oxygen atoms in total. The van der Waals surface area contributed by atoms with Crippen molar-refractivity contribution in [1.29, 1.82) is 0 Å². The lowest BCUT2D eigenvalue weighted by molar-refractivity contribution is -0.416. The summed E-state index contributed by atoms with van der Waals surface area (Å²) in [4.78, 5) is 44.9. The molecule has 1 heterocycles. The van der Waals surface area contributed by atoms with E-state index in [-0.39, 0.29) is 19.8 Å². The predicted molar refractivity (Wildman–Crippen MR) is 80.9 cm³/mol. The molecule has 0 amide bonds. The van der Waals surface area contributed by atoms with Gasteiger partial charge in [0.05, 0.1) is 9.85 Å². The zero-order valence-electron chi connectivity index (χ0n) is 10.5. The van der Waals surface area contributed by atoms with Crippen molar-refractivity contribution in [3.05, 3.63) is 74.0 Å². The molecule has 0 fully saturated rings. The molecule has 0 saturated carbocycles. The Labute approximate surface area is 127 Å². The quantitative estimate of drug-likeness (QED) is 0.522. The van der Waals surface area contributed by atoms with E-state index in [1.165, 1.54) is 12.1 Å². The van der Waals surface area contributed by atoms with Crippen molar-refractivity contribution in [1.82, 2.24) is 0 Å². The number of hydrogen-bond donors (Lipinski definition) is 0. The van der Waals surface area contributed by atoms with E-state index in [1.54, 1.807) is 12.1 Å². The Morgan fingerprint density at radius 2 is 1.14 bits per heavy atom. The molecule has 1 aromatic rings. The molecule has 0 unspecified atom stereocenters. The van der Waals surface area contributed by atoms with Gasteiger partial charge >= 0.3 is 10.0 Å². The van der Waals surface area contributed by atoms with Gasteiger partial charge in [0.25, 0.3) is 0 Å². The van der Waals surface area contributed by atoms with Crippen LogP contribution in [0.1, 0.15) is 0 Å². The van der Waals surface area contributed by atoms with Crippen LogP contribution in [0, 0.1) is 29.3 Å². The standard InChI is InChI=1S/C12H4N2O6S2/c15-7-5-3-1-2-4-6(5)8(16)10-9(7)21-11(13(17)18)12(22-10)14(19)20/h1-4H. The largest absolute Gasteiger partial charge is 0.413 e. The van der Waals surface area contributed by atoms with E-state index in [4.69, 9.17) is 0 Å². The van der Waals surface area contributed by atoms with Gasteiger partial charge < -0.3 is 0 Å². The fourth-order valence-electron chi connectivity index (χ4n) is 2.03. The molecule has 0 spiro atoms. The second-order valence-corrected chi connectivity index (χ2v) is 6.19. The number of hydrogen-bond acceptors (Lipinski definition) is 8. The molecule has 22 heavy (non-hydrogen) atoms. The Morgan fingerprint density at radius 1 is 0.773 bits per heavy atom. The lowest BCUT2D eigenvalue weighted by atomic mass is 10.1. The second kappa shape index (κ2) is 4.93. The summed E-state index contributed by atoms with van der Waals surface area (Å²) in [6.07, 6.45) is 0. The topological polar surface area (TPSA) is 120 Å². The maximum atomic E-state index is 12.4. The third-order valence-electron chi connectivity index (χ3n) is 2.95. The minimum Gasteiger partial charge on any atom is -0.288 e. The lowest BCUT2D eigenvalue weighted by Crippen LogP contribution is -2.13. The average molecular weight is 336 g/mol. The SMILES string of the molecule is O=c1c2sc([N+](=O)[O-])c([N+](=O)[O-])sc=2c(=O)c2ccccc12. The first kappa shape index (κ1) is 14.2. The molecule has 0 atom stereocenters. The summed E-state index contributed by atoms with van der Waals surface area (Å²) in [6, 6.07) is 6.04. The van der Waals surface area contributed by atoms with Gasteiger partial charge in [0.2, 0.25) is 10.9 Å². The third kappa shape index (κ3) is 1.96. The summed E-state index contributed by atoms with van der Waals surface area (Å²) in [5.41, 5.74) is -1.08. The summed E-state index contributed by atoms with van der Waals surface area (Å²) < 4.78 is -0.267. The molecule has 3 rings (SSSR count). The fraction of sp³-hybridized carbons (Fsp3) is 0. The number of fused-ring (bicyclic) bond motifs is 1. The van der Waals surface area contributed by atoms with E-state index >= 15 is 0 Å².